The first-order valence-electron chi connectivity index (χ1n) is 8.89. The molecule has 5 heteroatoms. The van der Waals surface area contributed by atoms with E-state index in [9.17, 15) is 9.59 Å². The standard InChI is InChI=1S/C19H30N2O3/c1-5-18(22)20-16-10-17(19(23)24-4)21(12-16)11-14-6-8-15(9-7-14)13(2)3/h6,15-17H,2,5,7-12H2,1,3-4H3,(H,20,22)/t15-,16+,17+/m1/s1. The van der Waals surface area contributed by atoms with Gasteiger partial charge in [0, 0.05) is 25.6 Å². The maximum atomic E-state index is 12.1. The molecule has 0 aromatic heterocycles. The lowest BCUT2D eigenvalue weighted by Gasteiger charge is -2.27. The van der Waals surface area contributed by atoms with E-state index in [0.29, 0.717) is 25.3 Å². The molecule has 1 saturated heterocycles. The summed E-state index contributed by atoms with van der Waals surface area (Å²) >= 11 is 0. The molecule has 1 N–H and O–H groups in total. The number of hydrogen-bond donors (Lipinski definition) is 1. The molecule has 0 aromatic carbocycles. The highest BCUT2D eigenvalue weighted by atomic mass is 16.5. The molecule has 0 spiro atoms. The third-order valence-corrected chi connectivity index (χ3v) is 5.17. The van der Waals surface area contributed by atoms with Crippen molar-refractivity contribution in [2.45, 2.75) is 58.0 Å². The van der Waals surface area contributed by atoms with Crippen molar-refractivity contribution in [3.8, 4) is 0 Å². The number of allylic oxidation sites excluding steroid dienone is 2. The number of carbonyl (C=O) groups excluding carboxylic acids is 2. The Hall–Kier alpha value is -1.62. The lowest BCUT2D eigenvalue weighted by molar-refractivity contribution is -0.145. The molecule has 0 radical (unpaired) electrons. The van der Waals surface area contributed by atoms with Crippen LogP contribution in [0.3, 0.4) is 0 Å². The van der Waals surface area contributed by atoms with Gasteiger partial charge in [0.25, 0.3) is 0 Å². The van der Waals surface area contributed by atoms with Gasteiger partial charge in [0.1, 0.15) is 6.04 Å². The molecule has 1 amide bonds. The Balaban J connectivity index is 1.99. The highest BCUT2D eigenvalue weighted by molar-refractivity contribution is 5.78. The maximum absolute atomic E-state index is 12.1. The zero-order valence-electron chi connectivity index (χ0n) is 15.1. The Morgan fingerprint density at radius 3 is 2.75 bits per heavy atom. The minimum absolute atomic E-state index is 0.0221. The van der Waals surface area contributed by atoms with Gasteiger partial charge in [-0.1, -0.05) is 30.7 Å². The van der Waals surface area contributed by atoms with E-state index in [4.69, 9.17) is 4.74 Å². The molecule has 2 aliphatic rings. The van der Waals surface area contributed by atoms with E-state index in [1.54, 1.807) is 0 Å². The summed E-state index contributed by atoms with van der Waals surface area (Å²) in [5.41, 5.74) is 2.63. The summed E-state index contributed by atoms with van der Waals surface area (Å²) in [6.45, 7) is 9.47. The molecule has 0 unspecified atom stereocenters. The van der Waals surface area contributed by atoms with Gasteiger partial charge in [-0.05, 0) is 38.5 Å². The number of nitrogens with one attached hydrogen (secondary N) is 1. The molecule has 0 aromatic rings. The molecule has 3 atom stereocenters. The Bertz CT molecular complexity index is 527. The topological polar surface area (TPSA) is 58.6 Å². The molecular weight excluding hydrogens is 304 g/mol. The van der Waals surface area contributed by atoms with Gasteiger partial charge in [0.15, 0.2) is 0 Å². The highest BCUT2D eigenvalue weighted by Gasteiger charge is 2.38. The predicted molar refractivity (Wildman–Crippen MR) is 94.5 cm³/mol. The van der Waals surface area contributed by atoms with Crippen LogP contribution in [0.4, 0.5) is 0 Å². The highest BCUT2D eigenvalue weighted by Crippen LogP contribution is 2.30. The molecule has 1 aliphatic heterocycles. The van der Waals surface area contributed by atoms with Crippen LogP contribution in [0.25, 0.3) is 0 Å². The van der Waals surface area contributed by atoms with Gasteiger partial charge in [-0.15, -0.1) is 0 Å². The van der Waals surface area contributed by atoms with Gasteiger partial charge in [0.05, 0.1) is 7.11 Å². The summed E-state index contributed by atoms with van der Waals surface area (Å²) in [7, 11) is 1.43. The van der Waals surface area contributed by atoms with Crippen LogP contribution in [0.5, 0.6) is 0 Å². The average Bonchev–Trinajstić information content (AvgIpc) is 2.96. The molecule has 0 saturated carbocycles. The number of carbonyl (C=O) groups is 2. The van der Waals surface area contributed by atoms with Gasteiger partial charge in [-0.2, -0.15) is 0 Å². The first kappa shape index (κ1) is 18.7. The van der Waals surface area contributed by atoms with E-state index in [2.05, 4.69) is 29.8 Å². The molecular formula is C19H30N2O3. The maximum Gasteiger partial charge on any atom is 0.323 e. The van der Waals surface area contributed by atoms with E-state index >= 15 is 0 Å². The number of esters is 1. The van der Waals surface area contributed by atoms with Crippen molar-refractivity contribution in [1.82, 2.24) is 10.2 Å². The average molecular weight is 334 g/mol. The second-order valence-corrected chi connectivity index (χ2v) is 7.00. The van der Waals surface area contributed by atoms with E-state index in [0.717, 1.165) is 25.8 Å². The van der Waals surface area contributed by atoms with Crippen molar-refractivity contribution >= 4 is 11.9 Å². The normalized spacial score (nSPS) is 27.5. The molecule has 2 rings (SSSR count). The first-order valence-corrected chi connectivity index (χ1v) is 8.89. The van der Waals surface area contributed by atoms with Crippen molar-refractivity contribution in [3.63, 3.8) is 0 Å². The molecule has 134 valence electrons. The monoisotopic (exact) mass is 334 g/mol. The number of amides is 1. The fraction of sp³-hybridized carbons (Fsp3) is 0.684. The fourth-order valence-electron chi connectivity index (χ4n) is 3.63. The second-order valence-electron chi connectivity index (χ2n) is 7.00. The van der Waals surface area contributed by atoms with Crippen LogP contribution in [0.1, 0.15) is 46.0 Å². The van der Waals surface area contributed by atoms with Crippen molar-refractivity contribution in [3.05, 3.63) is 23.8 Å². The quantitative estimate of drug-likeness (QED) is 0.599. The third-order valence-electron chi connectivity index (χ3n) is 5.17. The number of ether oxygens (including phenoxy) is 1. The predicted octanol–water partition coefficient (Wildman–Crippen LogP) is 2.43. The van der Waals surface area contributed by atoms with E-state index in [-0.39, 0.29) is 24.0 Å². The SMILES string of the molecule is C=C(C)[C@@H]1CC=C(CN2C[C@@H](NC(=O)CC)C[C@H]2C(=O)OC)CC1. The smallest absolute Gasteiger partial charge is 0.323 e. The minimum atomic E-state index is -0.267. The number of likely N-dealkylation sites (tertiary alicyclic amines) is 1. The lowest BCUT2D eigenvalue weighted by atomic mass is 9.85. The van der Waals surface area contributed by atoms with Crippen molar-refractivity contribution in [2.75, 3.05) is 20.2 Å². The Morgan fingerprint density at radius 1 is 1.46 bits per heavy atom. The molecule has 5 nitrogen and oxygen atoms in total. The van der Waals surface area contributed by atoms with E-state index in [1.165, 1.54) is 18.3 Å². The fourth-order valence-corrected chi connectivity index (χ4v) is 3.63. The van der Waals surface area contributed by atoms with Crippen molar-refractivity contribution < 1.29 is 14.3 Å². The lowest BCUT2D eigenvalue weighted by Crippen LogP contribution is -2.39. The van der Waals surface area contributed by atoms with Gasteiger partial charge >= 0.3 is 5.97 Å². The van der Waals surface area contributed by atoms with Gasteiger partial charge in [-0.25, -0.2) is 0 Å². The zero-order chi connectivity index (χ0) is 17.7. The van der Waals surface area contributed by atoms with Crippen LogP contribution in [0.15, 0.2) is 23.8 Å². The molecule has 1 fully saturated rings. The second kappa shape index (κ2) is 8.47. The first-order chi connectivity index (χ1) is 11.4. The van der Waals surface area contributed by atoms with Crippen LogP contribution >= 0.6 is 0 Å². The van der Waals surface area contributed by atoms with E-state index < -0.39 is 0 Å². The Labute approximate surface area is 145 Å². The largest absolute Gasteiger partial charge is 0.468 e. The molecule has 1 aliphatic carbocycles. The zero-order valence-corrected chi connectivity index (χ0v) is 15.1. The Kier molecular flexibility index (Phi) is 6.60. The van der Waals surface area contributed by atoms with Gasteiger partial charge in [0.2, 0.25) is 5.91 Å². The van der Waals surface area contributed by atoms with Crippen LogP contribution in [0, 0.1) is 5.92 Å². The Morgan fingerprint density at radius 2 is 2.21 bits per heavy atom. The van der Waals surface area contributed by atoms with E-state index in [1.807, 2.05) is 6.92 Å². The summed E-state index contributed by atoms with van der Waals surface area (Å²) in [6, 6.07) is -0.245. The summed E-state index contributed by atoms with van der Waals surface area (Å²) < 4.78 is 4.96. The van der Waals surface area contributed by atoms with Crippen molar-refractivity contribution in [1.29, 1.82) is 0 Å². The number of methoxy groups -OCH3 is 1. The number of nitrogens with zero attached hydrogens (tertiary/aromatic N) is 1. The van der Waals surface area contributed by atoms with Crippen molar-refractivity contribution in [2.24, 2.45) is 5.92 Å². The summed E-state index contributed by atoms with van der Waals surface area (Å²) in [5, 5.41) is 3.01. The van der Waals surface area contributed by atoms with Crippen LogP contribution in [-0.4, -0.2) is 49.1 Å². The van der Waals surface area contributed by atoms with Crippen LogP contribution < -0.4 is 5.32 Å². The van der Waals surface area contributed by atoms with Gasteiger partial charge < -0.3 is 10.1 Å². The summed E-state index contributed by atoms with van der Waals surface area (Å²) in [5.74, 6) is 0.409. The summed E-state index contributed by atoms with van der Waals surface area (Å²) in [4.78, 5) is 25.9. The summed E-state index contributed by atoms with van der Waals surface area (Å²) in [6.07, 6.45) is 6.61. The number of hydrogen-bond acceptors (Lipinski definition) is 4. The molecule has 1 heterocycles. The van der Waals surface area contributed by atoms with Crippen LogP contribution in [0.2, 0.25) is 0 Å². The number of rotatable bonds is 6. The molecule has 24 heavy (non-hydrogen) atoms. The minimum Gasteiger partial charge on any atom is -0.468 e. The van der Waals surface area contributed by atoms with Crippen LogP contribution in [-0.2, 0) is 14.3 Å². The third kappa shape index (κ3) is 4.69. The molecule has 0 bridgehead atoms. The van der Waals surface area contributed by atoms with Gasteiger partial charge in [-0.3, -0.25) is 14.5 Å².